The van der Waals surface area contributed by atoms with Crippen molar-refractivity contribution in [2.24, 2.45) is 0 Å². The molecular weight excluding hydrogens is 146 g/mol. The molecule has 0 aromatic carbocycles. The Morgan fingerprint density at radius 3 is 2.42 bits per heavy atom. The summed E-state index contributed by atoms with van der Waals surface area (Å²) >= 11 is 0. The van der Waals surface area contributed by atoms with Crippen LogP contribution in [0.2, 0.25) is 0 Å². The van der Waals surface area contributed by atoms with Crippen molar-refractivity contribution in [3.8, 4) is 0 Å². The first-order chi connectivity index (χ1) is 5.86. The lowest BCUT2D eigenvalue weighted by atomic mass is 10.1. The van der Waals surface area contributed by atoms with Crippen LogP contribution in [0.25, 0.3) is 0 Å². The van der Waals surface area contributed by atoms with E-state index in [1.807, 2.05) is 0 Å². The van der Waals surface area contributed by atoms with Crippen LogP contribution in [0.3, 0.4) is 0 Å². The highest BCUT2D eigenvalue weighted by atomic mass is 15.0. The largest absolute Gasteiger partial charge is 0.311 e. The monoisotopic (exact) mass is 169 g/mol. The van der Waals surface area contributed by atoms with Crippen LogP contribution in [0.4, 0.5) is 0 Å². The molecule has 0 radical (unpaired) electrons. The highest BCUT2D eigenvalue weighted by molar-refractivity contribution is 4.82. The predicted octanol–water partition coefficient (Wildman–Crippen LogP) is 3.10. The summed E-state index contributed by atoms with van der Waals surface area (Å²) in [5, 5.41) is 3.70. The van der Waals surface area contributed by atoms with Crippen molar-refractivity contribution >= 4 is 0 Å². The summed E-state index contributed by atoms with van der Waals surface area (Å²) in [5.41, 5.74) is 0. The van der Waals surface area contributed by atoms with Gasteiger partial charge >= 0.3 is 0 Å². The predicted molar refractivity (Wildman–Crippen MR) is 54.4 cm³/mol. The average molecular weight is 169 g/mol. The molecule has 1 rings (SSSR count). The van der Waals surface area contributed by atoms with Gasteiger partial charge in [0.1, 0.15) is 0 Å². The molecule has 0 unspecified atom stereocenters. The molecule has 0 saturated carbocycles. The van der Waals surface area contributed by atoms with E-state index in [-0.39, 0.29) is 0 Å². The van der Waals surface area contributed by atoms with Gasteiger partial charge in [-0.05, 0) is 25.7 Å². The van der Waals surface area contributed by atoms with E-state index in [1.165, 1.54) is 44.9 Å². The van der Waals surface area contributed by atoms with Crippen LogP contribution >= 0.6 is 0 Å². The molecule has 1 heterocycles. The summed E-state index contributed by atoms with van der Waals surface area (Å²) in [7, 11) is 0. The molecule has 12 heavy (non-hydrogen) atoms. The van der Waals surface area contributed by atoms with Crippen LogP contribution in [-0.2, 0) is 0 Å². The first kappa shape index (κ1) is 10.0. The Hall–Kier alpha value is -0.0400. The zero-order valence-electron chi connectivity index (χ0n) is 8.60. The van der Waals surface area contributed by atoms with Gasteiger partial charge in [-0.2, -0.15) is 0 Å². The molecule has 0 amide bonds. The van der Waals surface area contributed by atoms with Crippen LogP contribution in [-0.4, -0.2) is 12.1 Å². The highest BCUT2D eigenvalue weighted by Crippen LogP contribution is 2.18. The second-order valence-corrected chi connectivity index (χ2v) is 4.04. The summed E-state index contributed by atoms with van der Waals surface area (Å²) in [4.78, 5) is 0. The molecule has 2 atom stereocenters. The third-order valence-electron chi connectivity index (χ3n) is 2.98. The van der Waals surface area contributed by atoms with Crippen molar-refractivity contribution in [1.82, 2.24) is 5.32 Å². The normalized spacial score (nSPS) is 29.5. The molecule has 1 N–H and O–H groups in total. The van der Waals surface area contributed by atoms with E-state index < -0.39 is 0 Å². The third-order valence-corrected chi connectivity index (χ3v) is 2.98. The standard InChI is InChI=1S/C11H23N/c1-3-5-6-7-11-9-8-10(4-2)12-11/h10-12H,3-9H2,1-2H3/t10-,11+/m0/s1. The van der Waals surface area contributed by atoms with E-state index in [1.54, 1.807) is 0 Å². The first-order valence-electron chi connectivity index (χ1n) is 5.62. The maximum atomic E-state index is 3.70. The SMILES string of the molecule is CCCCC[C@@H]1CC[C@H](CC)N1. The fourth-order valence-electron chi connectivity index (χ4n) is 2.09. The molecule has 0 spiro atoms. The molecule has 0 aliphatic carbocycles. The molecule has 1 nitrogen and oxygen atoms in total. The van der Waals surface area contributed by atoms with Gasteiger partial charge in [0.25, 0.3) is 0 Å². The van der Waals surface area contributed by atoms with Crippen LogP contribution in [0, 0.1) is 0 Å². The van der Waals surface area contributed by atoms with E-state index in [0.717, 1.165) is 12.1 Å². The summed E-state index contributed by atoms with van der Waals surface area (Å²) < 4.78 is 0. The van der Waals surface area contributed by atoms with Crippen LogP contribution in [0.1, 0.15) is 58.8 Å². The average Bonchev–Trinajstić information content (AvgIpc) is 2.53. The van der Waals surface area contributed by atoms with Crippen LogP contribution < -0.4 is 5.32 Å². The van der Waals surface area contributed by atoms with Gasteiger partial charge in [-0.25, -0.2) is 0 Å². The number of hydrogen-bond donors (Lipinski definition) is 1. The zero-order valence-corrected chi connectivity index (χ0v) is 8.60. The highest BCUT2D eigenvalue weighted by Gasteiger charge is 2.20. The van der Waals surface area contributed by atoms with Gasteiger partial charge in [-0.3, -0.25) is 0 Å². The molecule has 1 fully saturated rings. The van der Waals surface area contributed by atoms with E-state index in [9.17, 15) is 0 Å². The molecule has 0 aromatic heterocycles. The fraction of sp³-hybridized carbons (Fsp3) is 1.00. The van der Waals surface area contributed by atoms with Crippen LogP contribution in [0.5, 0.6) is 0 Å². The van der Waals surface area contributed by atoms with Crippen molar-refractivity contribution in [3.05, 3.63) is 0 Å². The molecule has 0 aromatic rings. The van der Waals surface area contributed by atoms with Gasteiger partial charge in [-0.15, -0.1) is 0 Å². The summed E-state index contributed by atoms with van der Waals surface area (Å²) in [5.74, 6) is 0. The molecule has 1 saturated heterocycles. The van der Waals surface area contributed by atoms with Gasteiger partial charge in [0.15, 0.2) is 0 Å². The molecule has 72 valence electrons. The number of nitrogens with one attached hydrogen (secondary N) is 1. The Kier molecular flexibility index (Phi) is 4.67. The number of hydrogen-bond acceptors (Lipinski definition) is 1. The lowest BCUT2D eigenvalue weighted by Gasteiger charge is -2.12. The van der Waals surface area contributed by atoms with Crippen molar-refractivity contribution in [2.45, 2.75) is 70.9 Å². The van der Waals surface area contributed by atoms with E-state index >= 15 is 0 Å². The van der Waals surface area contributed by atoms with E-state index in [4.69, 9.17) is 0 Å². The van der Waals surface area contributed by atoms with E-state index in [2.05, 4.69) is 19.2 Å². The summed E-state index contributed by atoms with van der Waals surface area (Å²) in [6.45, 7) is 4.56. The van der Waals surface area contributed by atoms with E-state index in [0.29, 0.717) is 0 Å². The Morgan fingerprint density at radius 1 is 1.08 bits per heavy atom. The Bertz CT molecular complexity index is 112. The van der Waals surface area contributed by atoms with Crippen molar-refractivity contribution < 1.29 is 0 Å². The lowest BCUT2D eigenvalue weighted by Crippen LogP contribution is -2.28. The minimum Gasteiger partial charge on any atom is -0.311 e. The van der Waals surface area contributed by atoms with Gasteiger partial charge in [0.2, 0.25) is 0 Å². The van der Waals surface area contributed by atoms with Crippen molar-refractivity contribution in [2.75, 3.05) is 0 Å². The smallest absolute Gasteiger partial charge is 0.00702 e. The molecule has 1 heteroatoms. The second-order valence-electron chi connectivity index (χ2n) is 4.04. The Balaban J connectivity index is 2.03. The molecule has 1 aliphatic rings. The molecule has 0 bridgehead atoms. The molecule has 1 aliphatic heterocycles. The van der Waals surface area contributed by atoms with Gasteiger partial charge in [0, 0.05) is 12.1 Å². The fourth-order valence-corrected chi connectivity index (χ4v) is 2.09. The zero-order chi connectivity index (χ0) is 8.81. The van der Waals surface area contributed by atoms with Crippen molar-refractivity contribution in [3.63, 3.8) is 0 Å². The summed E-state index contributed by atoms with van der Waals surface area (Å²) in [6.07, 6.45) is 9.73. The quantitative estimate of drug-likeness (QED) is 0.624. The van der Waals surface area contributed by atoms with Crippen molar-refractivity contribution in [1.29, 1.82) is 0 Å². The molecular formula is C11H23N. The number of rotatable bonds is 5. The number of unbranched alkanes of at least 4 members (excludes halogenated alkanes) is 2. The maximum absolute atomic E-state index is 3.70. The topological polar surface area (TPSA) is 12.0 Å². The van der Waals surface area contributed by atoms with Gasteiger partial charge < -0.3 is 5.32 Å². The maximum Gasteiger partial charge on any atom is 0.00702 e. The first-order valence-corrected chi connectivity index (χ1v) is 5.62. The third kappa shape index (κ3) is 3.14. The minimum absolute atomic E-state index is 0.830. The second kappa shape index (κ2) is 5.58. The lowest BCUT2D eigenvalue weighted by molar-refractivity contribution is 0.482. The Morgan fingerprint density at radius 2 is 1.83 bits per heavy atom. The van der Waals surface area contributed by atoms with Gasteiger partial charge in [0.05, 0.1) is 0 Å². The Labute approximate surface area is 76.9 Å². The minimum atomic E-state index is 0.830. The van der Waals surface area contributed by atoms with Crippen LogP contribution in [0.15, 0.2) is 0 Å². The van der Waals surface area contributed by atoms with Gasteiger partial charge in [-0.1, -0.05) is 33.1 Å². The summed E-state index contributed by atoms with van der Waals surface area (Å²) in [6, 6.07) is 1.68.